The molecule has 0 amide bonds. The minimum Gasteiger partial charge on any atom is -0.497 e. The van der Waals surface area contributed by atoms with Crippen LogP contribution in [0.5, 0.6) is 11.5 Å². The Morgan fingerprint density at radius 2 is 1.70 bits per heavy atom. The molecule has 0 fully saturated rings. The number of halogens is 1. The first-order chi connectivity index (χ1) is 13.2. The Hall–Kier alpha value is -2.97. The van der Waals surface area contributed by atoms with Crippen LogP contribution in [0.1, 0.15) is 22.8 Å². The fraction of sp³-hybridized carbons (Fsp3) is 0.0833. The number of fused-ring (bicyclic) bond motifs is 1. The quantitative estimate of drug-likeness (QED) is 0.513. The molecule has 0 saturated heterocycles. The second-order valence-electron chi connectivity index (χ2n) is 6.34. The van der Waals surface area contributed by atoms with E-state index in [1.807, 2.05) is 60.7 Å². The molecular weight excluding hydrogens is 356 g/mol. The zero-order valence-corrected chi connectivity index (χ0v) is 15.7. The van der Waals surface area contributed by atoms with Crippen LogP contribution in [0.2, 0.25) is 5.02 Å². The largest absolute Gasteiger partial charge is 0.497 e. The van der Waals surface area contributed by atoms with Crippen molar-refractivity contribution < 1.29 is 9.47 Å². The summed E-state index contributed by atoms with van der Waals surface area (Å²) in [5, 5.41) is 0.699. The number of methoxy groups -OCH3 is 1. The van der Waals surface area contributed by atoms with Crippen LogP contribution >= 0.6 is 11.6 Å². The van der Waals surface area contributed by atoms with Crippen LogP contribution in [-0.2, 0) is 0 Å². The minimum atomic E-state index is -0.158. The molecule has 3 heteroatoms. The molecule has 0 bridgehead atoms. The van der Waals surface area contributed by atoms with Crippen molar-refractivity contribution in [3.8, 4) is 11.5 Å². The van der Waals surface area contributed by atoms with Gasteiger partial charge in [-0.2, -0.15) is 0 Å². The van der Waals surface area contributed by atoms with Crippen LogP contribution in [0.15, 0.2) is 84.4 Å². The Bertz CT molecular complexity index is 989. The predicted molar refractivity (Wildman–Crippen MR) is 111 cm³/mol. The highest BCUT2D eigenvalue weighted by Crippen LogP contribution is 2.39. The summed E-state index contributed by atoms with van der Waals surface area (Å²) in [6.45, 7) is 0. The molecule has 0 saturated carbocycles. The zero-order chi connectivity index (χ0) is 18.6. The van der Waals surface area contributed by atoms with Crippen molar-refractivity contribution in [2.24, 2.45) is 0 Å². The van der Waals surface area contributed by atoms with Crippen molar-refractivity contribution in [3.63, 3.8) is 0 Å². The molecule has 0 aliphatic carbocycles. The highest BCUT2D eigenvalue weighted by Gasteiger charge is 2.23. The topological polar surface area (TPSA) is 18.5 Å². The summed E-state index contributed by atoms with van der Waals surface area (Å²) in [5.41, 5.74) is 4.28. The molecule has 1 atom stereocenters. The van der Waals surface area contributed by atoms with Crippen LogP contribution < -0.4 is 9.47 Å². The molecule has 0 radical (unpaired) electrons. The summed E-state index contributed by atoms with van der Waals surface area (Å²) < 4.78 is 11.5. The Kier molecular flexibility index (Phi) is 4.99. The first-order valence-electron chi connectivity index (χ1n) is 8.78. The molecular formula is C24H19ClO2. The first kappa shape index (κ1) is 17.4. The molecule has 3 aromatic carbocycles. The van der Waals surface area contributed by atoms with E-state index < -0.39 is 0 Å². The van der Waals surface area contributed by atoms with Crippen molar-refractivity contribution in [1.29, 1.82) is 0 Å². The van der Waals surface area contributed by atoms with Crippen LogP contribution in [0.3, 0.4) is 0 Å². The lowest BCUT2D eigenvalue weighted by atomic mass is 9.95. The fourth-order valence-electron chi connectivity index (χ4n) is 3.12. The lowest BCUT2D eigenvalue weighted by Crippen LogP contribution is -2.13. The van der Waals surface area contributed by atoms with Crippen LogP contribution in [0.25, 0.3) is 12.2 Å². The van der Waals surface area contributed by atoms with E-state index in [1.165, 1.54) is 0 Å². The van der Waals surface area contributed by atoms with E-state index in [-0.39, 0.29) is 6.10 Å². The van der Waals surface area contributed by atoms with Gasteiger partial charge in [-0.15, -0.1) is 0 Å². The summed E-state index contributed by atoms with van der Waals surface area (Å²) in [5.74, 6) is 1.69. The van der Waals surface area contributed by atoms with E-state index in [0.717, 1.165) is 33.8 Å². The Labute approximate surface area is 164 Å². The maximum Gasteiger partial charge on any atom is 0.149 e. The minimum absolute atomic E-state index is 0.158. The van der Waals surface area contributed by atoms with Crippen LogP contribution in [0.4, 0.5) is 0 Å². The van der Waals surface area contributed by atoms with Gasteiger partial charge in [0.05, 0.1) is 7.11 Å². The van der Waals surface area contributed by atoms with E-state index in [9.17, 15) is 0 Å². The molecule has 2 nitrogen and oxygen atoms in total. The summed E-state index contributed by atoms with van der Waals surface area (Å²) in [7, 11) is 1.67. The van der Waals surface area contributed by atoms with E-state index in [0.29, 0.717) is 5.02 Å². The molecule has 1 aliphatic heterocycles. The van der Waals surface area contributed by atoms with Gasteiger partial charge >= 0.3 is 0 Å². The number of benzene rings is 3. The van der Waals surface area contributed by atoms with Gasteiger partial charge < -0.3 is 9.47 Å². The van der Waals surface area contributed by atoms with Crippen LogP contribution in [-0.4, -0.2) is 7.11 Å². The normalized spacial score (nSPS) is 15.8. The van der Waals surface area contributed by atoms with Crippen molar-refractivity contribution in [2.75, 3.05) is 7.11 Å². The maximum atomic E-state index is 6.31. The summed E-state index contributed by atoms with van der Waals surface area (Å²) in [4.78, 5) is 0. The van der Waals surface area contributed by atoms with E-state index in [4.69, 9.17) is 21.1 Å². The highest BCUT2D eigenvalue weighted by molar-refractivity contribution is 6.30. The monoisotopic (exact) mass is 374 g/mol. The lowest BCUT2D eigenvalue weighted by Gasteiger charge is -2.26. The van der Waals surface area contributed by atoms with Gasteiger partial charge in [-0.05, 0) is 53.1 Å². The summed E-state index contributed by atoms with van der Waals surface area (Å²) in [6, 6.07) is 23.9. The molecule has 4 rings (SSSR count). The van der Waals surface area contributed by atoms with Gasteiger partial charge in [0.15, 0.2) is 0 Å². The van der Waals surface area contributed by atoms with Crippen molar-refractivity contribution >= 4 is 23.8 Å². The van der Waals surface area contributed by atoms with Gasteiger partial charge in [-0.1, -0.05) is 66.2 Å². The zero-order valence-electron chi connectivity index (χ0n) is 14.9. The Morgan fingerprint density at radius 1 is 0.926 bits per heavy atom. The van der Waals surface area contributed by atoms with Crippen molar-refractivity contribution in [3.05, 3.63) is 106 Å². The van der Waals surface area contributed by atoms with E-state index in [2.05, 4.69) is 30.4 Å². The average Bonchev–Trinajstić information content (AvgIpc) is 2.72. The first-order valence-corrected chi connectivity index (χ1v) is 9.15. The standard InChI is InChI=1S/C24H19ClO2/c1-26-22-12-8-17(9-13-22)7-10-19-15-20-16-21(25)11-14-23(20)27-24(19)18-5-3-2-4-6-18/h2-16,24H,1H3/b10-7-. The molecule has 3 aromatic rings. The predicted octanol–water partition coefficient (Wildman–Crippen LogP) is 6.58. The SMILES string of the molecule is COc1ccc(/C=C\C2=Cc3cc(Cl)ccc3OC2c2ccccc2)cc1. The smallest absolute Gasteiger partial charge is 0.149 e. The molecule has 134 valence electrons. The van der Waals surface area contributed by atoms with Crippen molar-refractivity contribution in [1.82, 2.24) is 0 Å². The Balaban J connectivity index is 1.71. The number of hydrogen-bond acceptors (Lipinski definition) is 2. The van der Waals surface area contributed by atoms with E-state index >= 15 is 0 Å². The molecule has 1 heterocycles. The molecule has 27 heavy (non-hydrogen) atoms. The molecule has 1 aliphatic rings. The second kappa shape index (κ2) is 7.73. The summed E-state index contributed by atoms with van der Waals surface area (Å²) >= 11 is 6.16. The van der Waals surface area contributed by atoms with Crippen molar-refractivity contribution in [2.45, 2.75) is 6.10 Å². The Morgan fingerprint density at radius 3 is 2.44 bits per heavy atom. The van der Waals surface area contributed by atoms with Gasteiger partial charge in [-0.3, -0.25) is 0 Å². The molecule has 0 spiro atoms. The molecule has 0 N–H and O–H groups in total. The average molecular weight is 375 g/mol. The third-order valence-electron chi connectivity index (χ3n) is 4.53. The molecule has 0 aromatic heterocycles. The molecule has 1 unspecified atom stereocenters. The second-order valence-corrected chi connectivity index (χ2v) is 6.78. The number of rotatable bonds is 4. The van der Waals surface area contributed by atoms with Gasteiger partial charge in [0.25, 0.3) is 0 Å². The third kappa shape index (κ3) is 3.91. The fourth-order valence-corrected chi connectivity index (χ4v) is 3.30. The van der Waals surface area contributed by atoms with Crippen LogP contribution in [0, 0.1) is 0 Å². The number of ether oxygens (including phenoxy) is 2. The lowest BCUT2D eigenvalue weighted by molar-refractivity contribution is 0.243. The third-order valence-corrected chi connectivity index (χ3v) is 4.76. The van der Waals surface area contributed by atoms with Gasteiger partial charge in [0, 0.05) is 10.6 Å². The highest BCUT2D eigenvalue weighted by atomic mass is 35.5. The van der Waals surface area contributed by atoms with E-state index in [1.54, 1.807) is 7.11 Å². The number of hydrogen-bond donors (Lipinski definition) is 0. The van der Waals surface area contributed by atoms with Gasteiger partial charge in [0.1, 0.15) is 17.6 Å². The van der Waals surface area contributed by atoms with Gasteiger partial charge in [-0.25, -0.2) is 0 Å². The van der Waals surface area contributed by atoms with Gasteiger partial charge in [0.2, 0.25) is 0 Å². The maximum absolute atomic E-state index is 6.31. The summed E-state index contributed by atoms with van der Waals surface area (Å²) in [6.07, 6.45) is 6.17.